The summed E-state index contributed by atoms with van der Waals surface area (Å²) >= 11 is 0. The molecule has 2 N–H and O–H groups in total. The van der Waals surface area contributed by atoms with Gasteiger partial charge in [-0.2, -0.15) is 0 Å². The fourth-order valence-electron chi connectivity index (χ4n) is 1.23. The molecule has 1 amide bonds. The van der Waals surface area contributed by atoms with Gasteiger partial charge in [-0.05, 0) is 19.1 Å². The van der Waals surface area contributed by atoms with E-state index in [-0.39, 0.29) is 12.2 Å². The molecular formula is C12H11F3N2O. The molecule has 0 aliphatic rings. The fourth-order valence-corrected chi connectivity index (χ4v) is 1.23. The average molecular weight is 256 g/mol. The summed E-state index contributed by atoms with van der Waals surface area (Å²) in [5.41, 5.74) is -0.294. The van der Waals surface area contributed by atoms with E-state index < -0.39 is 29.4 Å². The molecule has 6 heteroatoms. The van der Waals surface area contributed by atoms with E-state index in [4.69, 9.17) is 6.42 Å². The van der Waals surface area contributed by atoms with E-state index in [0.29, 0.717) is 0 Å². The van der Waals surface area contributed by atoms with Gasteiger partial charge in [-0.3, -0.25) is 4.79 Å². The predicted octanol–water partition coefficient (Wildman–Crippen LogP) is 1.65. The highest BCUT2D eigenvalue weighted by molar-refractivity contribution is 5.84. The maximum Gasteiger partial charge on any atom is 0.242 e. The maximum absolute atomic E-state index is 13.3. The molecule has 0 aliphatic heterocycles. The normalized spacial score (nSPS) is 11.5. The number of benzene rings is 1. The lowest BCUT2D eigenvalue weighted by Gasteiger charge is -2.15. The first kappa shape index (κ1) is 13.9. The lowest BCUT2D eigenvalue weighted by Crippen LogP contribution is -2.37. The Morgan fingerprint density at radius 1 is 1.39 bits per heavy atom. The zero-order valence-corrected chi connectivity index (χ0v) is 9.56. The van der Waals surface area contributed by atoms with Crippen LogP contribution in [0.15, 0.2) is 12.1 Å². The number of hydrogen-bond acceptors (Lipinski definition) is 2. The smallest absolute Gasteiger partial charge is 0.242 e. The molecule has 0 spiro atoms. The van der Waals surface area contributed by atoms with Crippen LogP contribution >= 0.6 is 0 Å². The van der Waals surface area contributed by atoms with Crippen LogP contribution in [0, 0.1) is 29.8 Å². The molecule has 96 valence electrons. The van der Waals surface area contributed by atoms with Gasteiger partial charge in [0.05, 0.1) is 12.2 Å². The van der Waals surface area contributed by atoms with Crippen molar-refractivity contribution in [2.24, 2.45) is 0 Å². The number of carbonyl (C=O) groups excluding carboxylic acids is 1. The molecule has 0 bridgehead atoms. The zero-order chi connectivity index (χ0) is 13.7. The Kier molecular flexibility index (Phi) is 4.60. The number of hydrogen-bond donors (Lipinski definition) is 2. The molecule has 0 fully saturated rings. The monoisotopic (exact) mass is 256 g/mol. The van der Waals surface area contributed by atoms with Gasteiger partial charge in [0, 0.05) is 0 Å². The Morgan fingerprint density at radius 2 is 2.06 bits per heavy atom. The zero-order valence-electron chi connectivity index (χ0n) is 9.56. The Labute approximate surface area is 102 Å². The third-order valence-corrected chi connectivity index (χ3v) is 2.17. The molecule has 1 unspecified atom stereocenters. The van der Waals surface area contributed by atoms with Gasteiger partial charge in [-0.1, -0.05) is 5.92 Å². The quantitative estimate of drug-likeness (QED) is 0.635. The average Bonchev–Trinajstić information content (AvgIpc) is 2.36. The minimum absolute atomic E-state index is 0.0329. The van der Waals surface area contributed by atoms with Gasteiger partial charge >= 0.3 is 0 Å². The topological polar surface area (TPSA) is 41.1 Å². The Morgan fingerprint density at radius 3 is 2.67 bits per heavy atom. The van der Waals surface area contributed by atoms with Crippen LogP contribution in [0.3, 0.4) is 0 Å². The van der Waals surface area contributed by atoms with Gasteiger partial charge in [0.2, 0.25) is 5.91 Å². The Bertz CT molecular complexity index is 497. The van der Waals surface area contributed by atoms with Crippen molar-refractivity contribution in [1.82, 2.24) is 5.32 Å². The molecule has 1 rings (SSSR count). The van der Waals surface area contributed by atoms with Gasteiger partial charge in [0.15, 0.2) is 17.5 Å². The molecule has 0 aromatic heterocycles. The van der Waals surface area contributed by atoms with E-state index in [1.165, 1.54) is 6.92 Å². The van der Waals surface area contributed by atoms with E-state index >= 15 is 0 Å². The lowest BCUT2D eigenvalue weighted by molar-refractivity contribution is -0.121. The van der Waals surface area contributed by atoms with Gasteiger partial charge in [0.1, 0.15) is 6.04 Å². The van der Waals surface area contributed by atoms with Crippen LogP contribution in [0.25, 0.3) is 0 Å². The predicted molar refractivity (Wildman–Crippen MR) is 61.2 cm³/mol. The summed E-state index contributed by atoms with van der Waals surface area (Å²) in [7, 11) is 0. The van der Waals surface area contributed by atoms with Gasteiger partial charge < -0.3 is 10.6 Å². The number of halogens is 3. The molecule has 0 saturated heterocycles. The second kappa shape index (κ2) is 5.96. The van der Waals surface area contributed by atoms with Crippen molar-refractivity contribution in [2.45, 2.75) is 13.0 Å². The van der Waals surface area contributed by atoms with Gasteiger partial charge in [0.25, 0.3) is 0 Å². The number of rotatable bonds is 4. The molecule has 0 aliphatic carbocycles. The summed E-state index contributed by atoms with van der Waals surface area (Å²) in [5, 5.41) is 4.79. The minimum Gasteiger partial charge on any atom is -0.371 e. The Balaban J connectivity index is 2.77. The third-order valence-electron chi connectivity index (χ3n) is 2.17. The van der Waals surface area contributed by atoms with Crippen molar-refractivity contribution < 1.29 is 18.0 Å². The molecule has 1 aromatic rings. The van der Waals surface area contributed by atoms with E-state index in [2.05, 4.69) is 16.6 Å². The summed E-state index contributed by atoms with van der Waals surface area (Å²) in [6.07, 6.45) is 4.95. The first-order valence-electron chi connectivity index (χ1n) is 5.08. The lowest BCUT2D eigenvalue weighted by atomic mass is 10.2. The van der Waals surface area contributed by atoms with E-state index in [9.17, 15) is 18.0 Å². The largest absolute Gasteiger partial charge is 0.371 e. The molecule has 1 atom stereocenters. The molecule has 0 saturated carbocycles. The van der Waals surface area contributed by atoms with E-state index in [1.807, 2.05) is 0 Å². The van der Waals surface area contributed by atoms with Gasteiger partial charge in [-0.15, -0.1) is 6.42 Å². The van der Waals surface area contributed by atoms with Crippen molar-refractivity contribution in [3.05, 3.63) is 29.6 Å². The second-order valence-corrected chi connectivity index (χ2v) is 3.51. The summed E-state index contributed by atoms with van der Waals surface area (Å²) in [5.74, 6) is -2.52. The second-order valence-electron chi connectivity index (χ2n) is 3.51. The molecular weight excluding hydrogens is 245 g/mol. The van der Waals surface area contributed by atoms with Crippen molar-refractivity contribution in [1.29, 1.82) is 0 Å². The minimum atomic E-state index is -1.59. The van der Waals surface area contributed by atoms with Crippen molar-refractivity contribution in [2.75, 3.05) is 11.9 Å². The SMILES string of the molecule is C#CCNC(=O)C(C)Nc1ccc(F)c(F)c1F. The highest BCUT2D eigenvalue weighted by atomic mass is 19.2. The molecule has 1 aromatic carbocycles. The number of nitrogens with one attached hydrogen (secondary N) is 2. The molecule has 0 heterocycles. The number of amides is 1. The third kappa shape index (κ3) is 3.17. The summed E-state index contributed by atoms with van der Waals surface area (Å²) in [6, 6.07) is 0.948. The van der Waals surface area contributed by atoms with Crippen molar-refractivity contribution >= 4 is 11.6 Å². The standard InChI is InChI=1S/C12H11F3N2O/c1-3-6-16-12(18)7(2)17-9-5-4-8(13)10(14)11(9)15/h1,4-5,7,17H,6H2,2H3,(H,16,18). The Hall–Kier alpha value is -2.16. The molecule has 18 heavy (non-hydrogen) atoms. The highest BCUT2D eigenvalue weighted by Crippen LogP contribution is 2.20. The van der Waals surface area contributed by atoms with Crippen LogP contribution in [0.5, 0.6) is 0 Å². The summed E-state index contributed by atoms with van der Waals surface area (Å²) in [6.45, 7) is 1.47. The maximum atomic E-state index is 13.3. The first-order valence-corrected chi connectivity index (χ1v) is 5.08. The van der Waals surface area contributed by atoms with Crippen LogP contribution in [-0.4, -0.2) is 18.5 Å². The van der Waals surface area contributed by atoms with Crippen LogP contribution < -0.4 is 10.6 Å². The molecule has 3 nitrogen and oxygen atoms in total. The fraction of sp³-hybridized carbons (Fsp3) is 0.250. The van der Waals surface area contributed by atoms with Crippen LogP contribution in [0.1, 0.15) is 6.92 Å². The van der Waals surface area contributed by atoms with Crippen LogP contribution in [0.4, 0.5) is 18.9 Å². The summed E-state index contributed by atoms with van der Waals surface area (Å²) < 4.78 is 38.9. The number of anilines is 1. The highest BCUT2D eigenvalue weighted by Gasteiger charge is 2.17. The van der Waals surface area contributed by atoms with E-state index in [1.54, 1.807) is 0 Å². The molecule has 0 radical (unpaired) electrons. The van der Waals surface area contributed by atoms with E-state index in [0.717, 1.165) is 12.1 Å². The number of carbonyl (C=O) groups is 1. The number of terminal acetylenes is 1. The van der Waals surface area contributed by atoms with Crippen molar-refractivity contribution in [3.8, 4) is 12.3 Å². The van der Waals surface area contributed by atoms with Gasteiger partial charge in [-0.25, -0.2) is 13.2 Å². The summed E-state index contributed by atoms with van der Waals surface area (Å²) in [4.78, 5) is 11.4. The van der Waals surface area contributed by atoms with Crippen LogP contribution in [-0.2, 0) is 4.79 Å². The van der Waals surface area contributed by atoms with Crippen LogP contribution in [0.2, 0.25) is 0 Å². The first-order chi connectivity index (χ1) is 8.47. The van der Waals surface area contributed by atoms with Crippen molar-refractivity contribution in [3.63, 3.8) is 0 Å².